The molecule has 0 amide bonds. The van der Waals surface area contributed by atoms with Gasteiger partial charge in [-0.3, -0.25) is 0 Å². The Balaban J connectivity index is 1.75. The highest BCUT2D eigenvalue weighted by molar-refractivity contribution is 7.86. The molecule has 3 aromatic rings. The number of oxazole rings is 1. The second-order valence-corrected chi connectivity index (χ2v) is 13.8. The summed E-state index contributed by atoms with van der Waals surface area (Å²) in [6.45, 7) is 5.09. The van der Waals surface area contributed by atoms with Gasteiger partial charge in [0.1, 0.15) is 0 Å². The molecule has 1 aliphatic heterocycles. The van der Waals surface area contributed by atoms with Gasteiger partial charge in [-0.05, 0) is 38.3 Å². The van der Waals surface area contributed by atoms with E-state index in [4.69, 9.17) is 18.6 Å². The Kier molecular flexibility index (Phi) is 9.74. The van der Waals surface area contributed by atoms with Gasteiger partial charge in [0.05, 0.1) is 51.5 Å². The van der Waals surface area contributed by atoms with Crippen molar-refractivity contribution < 1.29 is 49.1 Å². The summed E-state index contributed by atoms with van der Waals surface area (Å²) in [5.41, 5.74) is 2.72. The van der Waals surface area contributed by atoms with Gasteiger partial charge in [-0.2, -0.15) is 4.57 Å². The summed E-state index contributed by atoms with van der Waals surface area (Å²) in [6.07, 6.45) is 4.28. The summed E-state index contributed by atoms with van der Waals surface area (Å²) in [5, 5.41) is -2.19. The third-order valence-electron chi connectivity index (χ3n) is 7.40. The third-order valence-corrected chi connectivity index (χ3v) is 9.85. The van der Waals surface area contributed by atoms with Crippen molar-refractivity contribution in [2.75, 3.05) is 25.7 Å². The van der Waals surface area contributed by atoms with Crippen LogP contribution in [0.2, 0.25) is 0 Å². The van der Waals surface area contributed by atoms with Crippen LogP contribution in [-0.2, 0) is 26.8 Å². The molecule has 0 saturated carbocycles. The largest absolute Gasteiger partial charge is 0.748 e. The van der Waals surface area contributed by atoms with E-state index in [1.54, 1.807) is 35.3 Å². The number of rotatable bonds is 13. The topological polar surface area (TPSA) is 162 Å². The molecule has 4 rings (SSSR count). The van der Waals surface area contributed by atoms with Crippen LogP contribution in [0.5, 0.6) is 17.2 Å². The average Bonchev–Trinajstić information content (AvgIpc) is 3.48. The molecule has 0 radical (unpaired) electrons. The Hall–Kier alpha value is -3.59. The predicted molar refractivity (Wildman–Crippen MR) is 158 cm³/mol. The molecule has 234 valence electrons. The van der Waals surface area contributed by atoms with Crippen LogP contribution in [0.25, 0.3) is 17.2 Å². The summed E-state index contributed by atoms with van der Waals surface area (Å²) >= 11 is 0. The first-order chi connectivity index (χ1) is 20.3. The van der Waals surface area contributed by atoms with Crippen molar-refractivity contribution in [3.8, 4) is 17.2 Å². The molecule has 2 heterocycles. The first-order valence-corrected chi connectivity index (χ1v) is 16.7. The second-order valence-electron chi connectivity index (χ2n) is 10.2. The van der Waals surface area contributed by atoms with Crippen LogP contribution in [0.3, 0.4) is 0 Å². The van der Waals surface area contributed by atoms with E-state index in [2.05, 4.69) is 0 Å². The zero-order chi connectivity index (χ0) is 31.5. The van der Waals surface area contributed by atoms with Crippen LogP contribution in [0.4, 0.5) is 5.69 Å². The SMILES string of the molecule is CCC(/C=C1\Oc2cc(OC)c(OC)cc2N1CCC(C)S(=O)(=O)[O-])=C\c1oc2ccccc2[n+]1CCC(C)S(=O)(=O)[O-]. The molecule has 2 aromatic carbocycles. The van der Waals surface area contributed by atoms with E-state index >= 15 is 0 Å². The summed E-state index contributed by atoms with van der Waals surface area (Å²) < 4.78 is 94.4. The number of nitrogens with zero attached hydrogens (tertiary/aromatic N) is 2. The normalized spacial score (nSPS) is 16.3. The van der Waals surface area contributed by atoms with Gasteiger partial charge >= 0.3 is 5.89 Å². The number of aryl methyl sites for hydroxylation is 1. The number of aromatic nitrogens is 1. The maximum absolute atomic E-state index is 11.6. The quantitative estimate of drug-likeness (QED) is 0.198. The highest BCUT2D eigenvalue weighted by Gasteiger charge is 2.30. The van der Waals surface area contributed by atoms with Crippen LogP contribution < -0.4 is 23.7 Å². The smallest absolute Gasteiger partial charge is 0.374 e. The molecule has 0 fully saturated rings. The number of hydrogen-bond acceptors (Lipinski definition) is 11. The lowest BCUT2D eigenvalue weighted by Gasteiger charge is -2.22. The minimum atomic E-state index is -4.49. The van der Waals surface area contributed by atoms with E-state index in [1.165, 1.54) is 28.1 Å². The standard InChI is InChI=1S/C29H36N2O10S2/c1-6-21(15-28-30(13-11-19(2)42(32,33)34)22-9-7-8-10-24(22)40-28)16-29-31(14-12-20(3)43(35,36)37)23-17-26(38-4)27(39-5)18-25(23)41-29/h7-10,15-20H,6,11-14H2,1-5H3,(H-,32,33,34,35,36,37)/p-1. The number of benzene rings is 2. The Morgan fingerprint density at radius 3 is 2.26 bits per heavy atom. The van der Waals surface area contributed by atoms with Gasteiger partial charge in [-0.25, -0.2) is 16.8 Å². The van der Waals surface area contributed by atoms with Gasteiger partial charge in [-0.1, -0.05) is 19.1 Å². The maximum Gasteiger partial charge on any atom is 0.374 e. The number of allylic oxidation sites excluding steroid dienone is 2. The van der Waals surface area contributed by atoms with Crippen LogP contribution in [0.1, 0.15) is 45.9 Å². The van der Waals surface area contributed by atoms with Crippen molar-refractivity contribution in [2.45, 2.75) is 57.1 Å². The Morgan fingerprint density at radius 2 is 1.63 bits per heavy atom. The van der Waals surface area contributed by atoms with Crippen LogP contribution >= 0.6 is 0 Å². The van der Waals surface area contributed by atoms with Crippen LogP contribution in [0, 0.1) is 0 Å². The van der Waals surface area contributed by atoms with Crippen molar-refractivity contribution in [1.82, 2.24) is 0 Å². The molecule has 0 aliphatic carbocycles. The zero-order valence-corrected chi connectivity index (χ0v) is 26.2. The Morgan fingerprint density at radius 1 is 1.00 bits per heavy atom. The predicted octanol–water partition coefficient (Wildman–Crippen LogP) is 3.92. The number of ether oxygens (including phenoxy) is 3. The van der Waals surface area contributed by atoms with Crippen molar-refractivity contribution in [3.05, 3.63) is 59.8 Å². The molecule has 2 unspecified atom stereocenters. The lowest BCUT2D eigenvalue weighted by Crippen LogP contribution is -2.37. The Labute approximate surface area is 251 Å². The molecule has 1 aromatic heterocycles. The first kappa shape index (κ1) is 32.3. The van der Waals surface area contributed by atoms with Crippen molar-refractivity contribution in [1.29, 1.82) is 0 Å². The number of anilines is 1. The minimum Gasteiger partial charge on any atom is -0.748 e. The van der Waals surface area contributed by atoms with E-state index in [0.717, 1.165) is 11.1 Å². The Bertz CT molecular complexity index is 1760. The first-order valence-electron chi connectivity index (χ1n) is 13.7. The molecule has 12 nitrogen and oxygen atoms in total. The molecule has 0 spiro atoms. The van der Waals surface area contributed by atoms with Gasteiger partial charge < -0.3 is 32.6 Å². The molecule has 43 heavy (non-hydrogen) atoms. The highest BCUT2D eigenvalue weighted by atomic mass is 32.2. The van der Waals surface area contributed by atoms with Crippen molar-refractivity contribution >= 4 is 43.1 Å². The summed E-state index contributed by atoms with van der Waals surface area (Å²) in [6, 6.07) is 10.7. The van der Waals surface area contributed by atoms with Gasteiger partial charge in [0, 0.05) is 42.5 Å². The minimum absolute atomic E-state index is 0.0515. The summed E-state index contributed by atoms with van der Waals surface area (Å²) in [5.74, 6) is 2.19. The zero-order valence-electron chi connectivity index (χ0n) is 24.6. The van der Waals surface area contributed by atoms with Gasteiger partial charge in [-0.15, -0.1) is 0 Å². The fraction of sp³-hybridized carbons (Fsp3) is 0.414. The van der Waals surface area contributed by atoms with Crippen molar-refractivity contribution in [2.24, 2.45) is 0 Å². The summed E-state index contributed by atoms with van der Waals surface area (Å²) in [4.78, 5) is 1.77. The monoisotopic (exact) mass is 635 g/mol. The van der Waals surface area contributed by atoms with E-state index < -0.39 is 30.7 Å². The number of fused-ring (bicyclic) bond motifs is 2. The lowest BCUT2D eigenvalue weighted by atomic mass is 10.1. The van der Waals surface area contributed by atoms with Crippen molar-refractivity contribution in [3.63, 3.8) is 0 Å². The molecular formula is C29H35N2O10S2-. The van der Waals surface area contributed by atoms with Gasteiger partial charge in [0.15, 0.2) is 23.8 Å². The number of para-hydroxylation sites is 2. The van der Waals surface area contributed by atoms with E-state index in [1.807, 2.05) is 29.7 Å². The lowest BCUT2D eigenvalue weighted by molar-refractivity contribution is -0.678. The average molecular weight is 636 g/mol. The molecule has 1 aliphatic rings. The molecule has 2 atom stereocenters. The van der Waals surface area contributed by atoms with Crippen LogP contribution in [-0.4, -0.2) is 57.2 Å². The fourth-order valence-electron chi connectivity index (χ4n) is 4.63. The number of methoxy groups -OCH3 is 2. The fourth-order valence-corrected chi connectivity index (χ4v) is 5.42. The highest BCUT2D eigenvalue weighted by Crippen LogP contribution is 2.46. The summed E-state index contributed by atoms with van der Waals surface area (Å²) in [7, 11) is -5.93. The van der Waals surface area contributed by atoms with E-state index in [0.29, 0.717) is 46.7 Å². The molecular weight excluding hydrogens is 600 g/mol. The molecule has 0 bridgehead atoms. The third kappa shape index (κ3) is 7.32. The molecule has 14 heteroatoms. The number of hydrogen-bond donors (Lipinski definition) is 0. The van der Waals surface area contributed by atoms with Gasteiger partial charge in [0.25, 0.3) is 5.52 Å². The molecule has 0 saturated heterocycles. The maximum atomic E-state index is 11.6. The van der Waals surface area contributed by atoms with E-state index in [-0.39, 0.29) is 25.9 Å². The second kappa shape index (κ2) is 13.0. The van der Waals surface area contributed by atoms with Crippen LogP contribution in [0.15, 0.2) is 58.3 Å². The molecule has 0 N–H and O–H groups in total. The van der Waals surface area contributed by atoms with Gasteiger partial charge in [0.2, 0.25) is 11.5 Å². The van der Waals surface area contributed by atoms with E-state index in [9.17, 15) is 25.9 Å².